The summed E-state index contributed by atoms with van der Waals surface area (Å²) in [6.07, 6.45) is 4.86. The van der Waals surface area contributed by atoms with Crippen molar-refractivity contribution in [1.29, 1.82) is 0 Å². The second-order valence-corrected chi connectivity index (χ2v) is 5.56. The van der Waals surface area contributed by atoms with Gasteiger partial charge in [0.05, 0.1) is 5.01 Å². The van der Waals surface area contributed by atoms with Gasteiger partial charge in [0.2, 0.25) is 0 Å². The molecule has 0 bridgehead atoms. The Morgan fingerprint density at radius 1 is 1.53 bits per heavy atom. The Morgan fingerprint density at radius 3 is 2.93 bits per heavy atom. The smallest absolute Gasteiger partial charge is 0.0962 e. The molecule has 1 fully saturated rings. The third kappa shape index (κ3) is 2.40. The molecule has 1 aliphatic carbocycles. The molecule has 1 heterocycles. The van der Waals surface area contributed by atoms with Crippen LogP contribution in [0.2, 0.25) is 0 Å². The molecule has 3 atom stereocenters. The van der Waals surface area contributed by atoms with E-state index in [-0.39, 0.29) is 0 Å². The number of aryl methyl sites for hydroxylation is 1. The predicted molar refractivity (Wildman–Crippen MR) is 65.2 cm³/mol. The van der Waals surface area contributed by atoms with E-state index in [1.807, 2.05) is 11.3 Å². The van der Waals surface area contributed by atoms with Crippen LogP contribution in [0, 0.1) is 12.8 Å². The van der Waals surface area contributed by atoms with E-state index in [0.29, 0.717) is 12.0 Å². The molecule has 15 heavy (non-hydrogen) atoms. The van der Waals surface area contributed by atoms with Gasteiger partial charge in [-0.05, 0) is 32.1 Å². The van der Waals surface area contributed by atoms with Gasteiger partial charge in [0.25, 0.3) is 0 Å². The van der Waals surface area contributed by atoms with Crippen LogP contribution in [0.3, 0.4) is 0 Å². The SMILES string of the molecule is CCC1CCC(N)CC1c1nc(C)cs1. The van der Waals surface area contributed by atoms with Crippen LogP contribution in [0.15, 0.2) is 5.38 Å². The standard InChI is InChI=1S/C12H20N2S/c1-3-9-4-5-10(13)6-11(9)12-14-8(2)7-15-12/h7,9-11H,3-6,13H2,1-2H3. The molecule has 0 amide bonds. The molecular weight excluding hydrogens is 204 g/mol. The minimum absolute atomic E-state index is 0.391. The Morgan fingerprint density at radius 2 is 2.33 bits per heavy atom. The number of thiazole rings is 1. The van der Waals surface area contributed by atoms with Crippen molar-refractivity contribution in [2.24, 2.45) is 11.7 Å². The zero-order valence-electron chi connectivity index (χ0n) is 9.57. The Balaban J connectivity index is 2.16. The maximum absolute atomic E-state index is 6.06. The van der Waals surface area contributed by atoms with Gasteiger partial charge in [-0.1, -0.05) is 13.3 Å². The molecule has 0 aliphatic heterocycles. The van der Waals surface area contributed by atoms with Gasteiger partial charge in [-0.3, -0.25) is 0 Å². The third-order valence-corrected chi connectivity index (χ3v) is 4.61. The van der Waals surface area contributed by atoms with Gasteiger partial charge in [-0.2, -0.15) is 0 Å². The second kappa shape index (κ2) is 4.62. The lowest BCUT2D eigenvalue weighted by Crippen LogP contribution is -2.31. The van der Waals surface area contributed by atoms with Crippen molar-refractivity contribution >= 4 is 11.3 Å². The van der Waals surface area contributed by atoms with Gasteiger partial charge in [0.15, 0.2) is 0 Å². The summed E-state index contributed by atoms with van der Waals surface area (Å²) < 4.78 is 0. The molecule has 84 valence electrons. The molecular formula is C12H20N2S. The van der Waals surface area contributed by atoms with Crippen LogP contribution in [0.5, 0.6) is 0 Å². The highest BCUT2D eigenvalue weighted by atomic mass is 32.1. The largest absolute Gasteiger partial charge is 0.328 e. The molecule has 1 aromatic rings. The summed E-state index contributed by atoms with van der Waals surface area (Å²) >= 11 is 1.81. The fraction of sp³-hybridized carbons (Fsp3) is 0.750. The topological polar surface area (TPSA) is 38.9 Å². The van der Waals surface area contributed by atoms with Crippen LogP contribution >= 0.6 is 11.3 Å². The Kier molecular flexibility index (Phi) is 3.42. The molecule has 3 unspecified atom stereocenters. The monoisotopic (exact) mass is 224 g/mol. The molecule has 1 aromatic heterocycles. The van der Waals surface area contributed by atoms with Crippen molar-refractivity contribution in [3.05, 3.63) is 16.1 Å². The van der Waals surface area contributed by atoms with E-state index in [0.717, 1.165) is 18.0 Å². The molecule has 0 spiro atoms. The molecule has 2 N–H and O–H groups in total. The average Bonchev–Trinajstić information content (AvgIpc) is 2.65. The average molecular weight is 224 g/mol. The van der Waals surface area contributed by atoms with Crippen molar-refractivity contribution in [2.45, 2.75) is 51.5 Å². The quantitative estimate of drug-likeness (QED) is 0.838. The highest BCUT2D eigenvalue weighted by Crippen LogP contribution is 2.40. The van der Waals surface area contributed by atoms with E-state index in [1.54, 1.807) is 0 Å². The summed E-state index contributed by atoms with van der Waals surface area (Å²) in [7, 11) is 0. The second-order valence-electron chi connectivity index (χ2n) is 4.68. The molecule has 0 aromatic carbocycles. The van der Waals surface area contributed by atoms with E-state index in [2.05, 4.69) is 24.2 Å². The minimum atomic E-state index is 0.391. The first-order valence-corrected chi connectivity index (χ1v) is 6.76. The fourth-order valence-electron chi connectivity index (χ4n) is 2.60. The first kappa shape index (κ1) is 11.1. The number of nitrogens with zero attached hydrogens (tertiary/aromatic N) is 1. The number of hydrogen-bond acceptors (Lipinski definition) is 3. The Hall–Kier alpha value is -0.410. The van der Waals surface area contributed by atoms with Gasteiger partial charge in [-0.15, -0.1) is 11.3 Å². The highest BCUT2D eigenvalue weighted by Gasteiger charge is 2.30. The summed E-state index contributed by atoms with van der Waals surface area (Å²) in [5.41, 5.74) is 7.22. The predicted octanol–water partition coefficient (Wildman–Crippen LogP) is 3.07. The first-order chi connectivity index (χ1) is 7.20. The van der Waals surface area contributed by atoms with Crippen LogP contribution in [0.25, 0.3) is 0 Å². The lowest BCUT2D eigenvalue weighted by atomic mass is 9.76. The Bertz CT molecular complexity index is 321. The van der Waals surface area contributed by atoms with E-state index >= 15 is 0 Å². The van der Waals surface area contributed by atoms with Crippen LogP contribution in [-0.2, 0) is 0 Å². The van der Waals surface area contributed by atoms with E-state index in [1.165, 1.54) is 24.3 Å². The molecule has 1 aliphatic rings. The maximum atomic E-state index is 6.06. The number of aromatic nitrogens is 1. The van der Waals surface area contributed by atoms with Gasteiger partial charge in [-0.25, -0.2) is 4.98 Å². The van der Waals surface area contributed by atoms with Crippen LogP contribution in [0.1, 0.15) is 49.2 Å². The lowest BCUT2D eigenvalue weighted by molar-refractivity contribution is 0.273. The normalized spacial score (nSPS) is 31.8. The Labute approximate surface area is 95.9 Å². The van der Waals surface area contributed by atoms with Gasteiger partial charge >= 0.3 is 0 Å². The third-order valence-electron chi connectivity index (χ3n) is 3.51. The number of hydrogen-bond donors (Lipinski definition) is 1. The molecule has 2 nitrogen and oxygen atoms in total. The molecule has 0 saturated heterocycles. The van der Waals surface area contributed by atoms with Crippen molar-refractivity contribution in [3.8, 4) is 0 Å². The molecule has 1 saturated carbocycles. The van der Waals surface area contributed by atoms with Crippen molar-refractivity contribution in [2.75, 3.05) is 0 Å². The first-order valence-electron chi connectivity index (χ1n) is 5.88. The van der Waals surface area contributed by atoms with Crippen molar-refractivity contribution in [3.63, 3.8) is 0 Å². The molecule has 3 heteroatoms. The van der Waals surface area contributed by atoms with Gasteiger partial charge in [0, 0.05) is 23.0 Å². The summed E-state index contributed by atoms with van der Waals surface area (Å²) in [5.74, 6) is 1.42. The summed E-state index contributed by atoms with van der Waals surface area (Å²) in [5, 5.41) is 3.47. The number of rotatable bonds is 2. The van der Waals surface area contributed by atoms with Crippen LogP contribution in [0.4, 0.5) is 0 Å². The van der Waals surface area contributed by atoms with Crippen molar-refractivity contribution in [1.82, 2.24) is 4.98 Å². The zero-order valence-corrected chi connectivity index (χ0v) is 10.4. The highest BCUT2D eigenvalue weighted by molar-refractivity contribution is 7.09. The minimum Gasteiger partial charge on any atom is -0.328 e. The van der Waals surface area contributed by atoms with E-state index in [9.17, 15) is 0 Å². The lowest BCUT2D eigenvalue weighted by Gasteiger charge is -2.32. The molecule has 2 rings (SSSR count). The number of nitrogens with two attached hydrogens (primary N) is 1. The summed E-state index contributed by atoms with van der Waals surface area (Å²) in [6, 6.07) is 0.391. The van der Waals surface area contributed by atoms with E-state index in [4.69, 9.17) is 5.73 Å². The zero-order chi connectivity index (χ0) is 10.8. The fourth-order valence-corrected chi connectivity index (χ4v) is 3.60. The summed E-state index contributed by atoms with van der Waals surface area (Å²) in [4.78, 5) is 4.63. The van der Waals surface area contributed by atoms with Crippen molar-refractivity contribution < 1.29 is 0 Å². The van der Waals surface area contributed by atoms with Gasteiger partial charge in [0.1, 0.15) is 0 Å². The van der Waals surface area contributed by atoms with E-state index < -0.39 is 0 Å². The maximum Gasteiger partial charge on any atom is 0.0962 e. The molecule has 0 radical (unpaired) electrons. The van der Waals surface area contributed by atoms with Crippen LogP contribution in [-0.4, -0.2) is 11.0 Å². The summed E-state index contributed by atoms with van der Waals surface area (Å²) in [6.45, 7) is 4.36. The van der Waals surface area contributed by atoms with Gasteiger partial charge < -0.3 is 5.73 Å². The van der Waals surface area contributed by atoms with Crippen LogP contribution < -0.4 is 5.73 Å².